The van der Waals surface area contributed by atoms with Crippen molar-refractivity contribution in [2.75, 3.05) is 24.7 Å². The van der Waals surface area contributed by atoms with Crippen molar-refractivity contribution in [1.82, 2.24) is 14.4 Å². The van der Waals surface area contributed by atoms with E-state index in [0.29, 0.717) is 12.2 Å². The van der Waals surface area contributed by atoms with Gasteiger partial charge in [0.15, 0.2) is 5.82 Å². The number of hydrogen-bond donors (Lipinski definition) is 2. The van der Waals surface area contributed by atoms with E-state index in [4.69, 9.17) is 4.52 Å². The minimum absolute atomic E-state index is 0.200. The van der Waals surface area contributed by atoms with Crippen molar-refractivity contribution >= 4 is 32.7 Å². The summed E-state index contributed by atoms with van der Waals surface area (Å²) in [6, 6.07) is 9.36. The maximum Gasteiger partial charge on any atom is 0.240 e. The van der Waals surface area contributed by atoms with Crippen molar-refractivity contribution in [3.05, 3.63) is 47.9 Å². The summed E-state index contributed by atoms with van der Waals surface area (Å²) in [5.74, 6) is 0.347. The lowest BCUT2D eigenvalue weighted by Crippen LogP contribution is -2.38. The average Bonchev–Trinajstić information content (AvgIpc) is 3.16. The summed E-state index contributed by atoms with van der Waals surface area (Å²) < 4.78 is 30.1. The maximum absolute atomic E-state index is 12.1. The molecular formula is C17H20N4O4S. The fraction of sp³-hybridized carbons (Fsp3) is 0.294. The Morgan fingerprint density at radius 2 is 2.12 bits per heavy atom. The van der Waals surface area contributed by atoms with Gasteiger partial charge in [-0.15, -0.1) is 0 Å². The molecule has 0 saturated heterocycles. The van der Waals surface area contributed by atoms with E-state index in [1.807, 2.05) is 30.5 Å². The Hall–Kier alpha value is -2.65. The molecule has 0 fully saturated rings. The van der Waals surface area contributed by atoms with Crippen LogP contribution in [-0.4, -0.2) is 48.1 Å². The van der Waals surface area contributed by atoms with Crippen molar-refractivity contribution in [3.8, 4) is 0 Å². The standard InChI is InChI=1S/C17H20N4O4S/c1-12-9-16(20-25-12)19-17(22)11-21(26(2,23)24)8-7-13-10-18-15-6-4-3-5-14(13)15/h3-6,9-10,18H,7-8,11H2,1-2H3,(H,19,20,22). The average molecular weight is 376 g/mol. The lowest BCUT2D eigenvalue weighted by Gasteiger charge is -2.19. The van der Waals surface area contributed by atoms with Crippen LogP contribution in [0.5, 0.6) is 0 Å². The SMILES string of the molecule is Cc1cc(NC(=O)CN(CCc2c[nH]c3ccccc23)S(C)(=O)=O)no1. The first-order valence-corrected chi connectivity index (χ1v) is 9.91. The molecule has 1 amide bonds. The monoisotopic (exact) mass is 376 g/mol. The Morgan fingerprint density at radius 3 is 2.81 bits per heavy atom. The number of aromatic amines is 1. The first kappa shape index (κ1) is 18.2. The molecule has 2 aromatic heterocycles. The van der Waals surface area contributed by atoms with Gasteiger partial charge in [0.05, 0.1) is 12.8 Å². The van der Waals surface area contributed by atoms with E-state index in [1.165, 1.54) is 0 Å². The molecule has 0 unspecified atom stereocenters. The topological polar surface area (TPSA) is 108 Å². The molecule has 0 saturated carbocycles. The molecule has 2 N–H and O–H groups in total. The highest BCUT2D eigenvalue weighted by molar-refractivity contribution is 7.88. The molecule has 0 aliphatic rings. The minimum Gasteiger partial charge on any atom is -0.361 e. The number of H-pyrrole nitrogens is 1. The Bertz CT molecular complexity index is 1020. The maximum atomic E-state index is 12.1. The number of amides is 1. The molecule has 3 rings (SSSR count). The zero-order valence-corrected chi connectivity index (χ0v) is 15.3. The van der Waals surface area contributed by atoms with E-state index in [-0.39, 0.29) is 18.9 Å². The van der Waals surface area contributed by atoms with Crippen LogP contribution in [-0.2, 0) is 21.2 Å². The molecule has 8 nitrogen and oxygen atoms in total. The Labute approximate surface area is 151 Å². The largest absolute Gasteiger partial charge is 0.361 e. The summed E-state index contributed by atoms with van der Waals surface area (Å²) >= 11 is 0. The highest BCUT2D eigenvalue weighted by atomic mass is 32.2. The molecule has 0 aliphatic heterocycles. The van der Waals surface area contributed by atoms with Crippen molar-refractivity contribution in [1.29, 1.82) is 0 Å². The molecule has 3 aromatic rings. The normalized spacial score (nSPS) is 12.0. The molecule has 26 heavy (non-hydrogen) atoms. The fourth-order valence-electron chi connectivity index (χ4n) is 2.71. The van der Waals surface area contributed by atoms with Gasteiger partial charge in [-0.25, -0.2) is 8.42 Å². The number of aromatic nitrogens is 2. The van der Waals surface area contributed by atoms with Gasteiger partial charge < -0.3 is 14.8 Å². The smallest absolute Gasteiger partial charge is 0.240 e. The third kappa shape index (κ3) is 4.30. The molecular weight excluding hydrogens is 356 g/mol. The zero-order valence-electron chi connectivity index (χ0n) is 14.5. The quantitative estimate of drug-likeness (QED) is 0.655. The van der Waals surface area contributed by atoms with Crippen LogP contribution >= 0.6 is 0 Å². The van der Waals surface area contributed by atoms with E-state index in [1.54, 1.807) is 13.0 Å². The lowest BCUT2D eigenvalue weighted by molar-refractivity contribution is -0.116. The third-order valence-corrected chi connectivity index (χ3v) is 5.24. The highest BCUT2D eigenvalue weighted by Crippen LogP contribution is 2.18. The lowest BCUT2D eigenvalue weighted by atomic mass is 10.1. The Kier molecular flexibility index (Phi) is 5.10. The number of anilines is 1. The van der Waals surface area contributed by atoms with Crippen molar-refractivity contribution in [2.45, 2.75) is 13.3 Å². The number of nitrogens with zero attached hydrogens (tertiary/aromatic N) is 2. The number of hydrogen-bond acceptors (Lipinski definition) is 5. The van der Waals surface area contributed by atoms with Gasteiger partial charge in [0.2, 0.25) is 15.9 Å². The summed E-state index contributed by atoms with van der Waals surface area (Å²) in [6.45, 7) is 1.62. The van der Waals surface area contributed by atoms with Crippen molar-refractivity contribution in [3.63, 3.8) is 0 Å². The van der Waals surface area contributed by atoms with Crippen LogP contribution in [0.2, 0.25) is 0 Å². The van der Waals surface area contributed by atoms with Crippen LogP contribution in [0.4, 0.5) is 5.82 Å². The van der Waals surface area contributed by atoms with E-state index in [2.05, 4.69) is 15.5 Å². The molecule has 0 atom stereocenters. The Balaban J connectivity index is 1.67. The molecule has 138 valence electrons. The number of para-hydroxylation sites is 1. The first-order valence-electron chi connectivity index (χ1n) is 8.06. The van der Waals surface area contributed by atoms with E-state index in [9.17, 15) is 13.2 Å². The summed E-state index contributed by atoms with van der Waals surface area (Å²) in [4.78, 5) is 15.3. The number of benzene rings is 1. The minimum atomic E-state index is -3.54. The number of sulfonamides is 1. The van der Waals surface area contributed by atoms with Gasteiger partial charge in [-0.05, 0) is 25.0 Å². The van der Waals surface area contributed by atoms with E-state index >= 15 is 0 Å². The first-order chi connectivity index (χ1) is 12.3. The van der Waals surface area contributed by atoms with Crippen LogP contribution < -0.4 is 5.32 Å². The third-order valence-electron chi connectivity index (χ3n) is 3.99. The number of aryl methyl sites for hydroxylation is 1. The van der Waals surface area contributed by atoms with Gasteiger partial charge in [0, 0.05) is 29.7 Å². The second-order valence-corrected chi connectivity index (χ2v) is 8.06. The van der Waals surface area contributed by atoms with Gasteiger partial charge in [-0.2, -0.15) is 4.31 Å². The van der Waals surface area contributed by atoms with Crippen molar-refractivity contribution < 1.29 is 17.7 Å². The second-order valence-electron chi connectivity index (χ2n) is 6.08. The molecule has 0 radical (unpaired) electrons. The van der Waals surface area contributed by atoms with Gasteiger partial charge in [-0.1, -0.05) is 23.4 Å². The van der Waals surface area contributed by atoms with Crippen LogP contribution in [0.15, 0.2) is 41.1 Å². The molecule has 9 heteroatoms. The Morgan fingerprint density at radius 1 is 1.35 bits per heavy atom. The number of rotatable bonds is 7. The van der Waals surface area contributed by atoms with E-state index in [0.717, 1.165) is 27.0 Å². The van der Waals surface area contributed by atoms with Crippen LogP contribution in [0.25, 0.3) is 10.9 Å². The van der Waals surface area contributed by atoms with Crippen molar-refractivity contribution in [2.24, 2.45) is 0 Å². The number of nitrogens with one attached hydrogen (secondary N) is 2. The fourth-order valence-corrected chi connectivity index (χ4v) is 3.49. The molecule has 0 bridgehead atoms. The molecule has 0 aliphatic carbocycles. The van der Waals surface area contributed by atoms with Crippen LogP contribution in [0.3, 0.4) is 0 Å². The van der Waals surface area contributed by atoms with Crippen LogP contribution in [0.1, 0.15) is 11.3 Å². The number of fused-ring (bicyclic) bond motifs is 1. The predicted octanol–water partition coefficient (Wildman–Crippen LogP) is 1.91. The summed E-state index contributed by atoms with van der Waals surface area (Å²) in [5, 5.41) is 7.24. The summed E-state index contributed by atoms with van der Waals surface area (Å²) in [6.07, 6.45) is 3.45. The zero-order chi connectivity index (χ0) is 18.7. The summed E-state index contributed by atoms with van der Waals surface area (Å²) in [5.41, 5.74) is 1.99. The predicted molar refractivity (Wildman–Crippen MR) is 98.3 cm³/mol. The van der Waals surface area contributed by atoms with Gasteiger partial charge in [0.1, 0.15) is 5.76 Å². The summed E-state index contributed by atoms with van der Waals surface area (Å²) in [7, 11) is -3.54. The van der Waals surface area contributed by atoms with Crippen LogP contribution in [0, 0.1) is 6.92 Å². The number of carbonyl (C=O) groups is 1. The molecule has 2 heterocycles. The van der Waals surface area contributed by atoms with Gasteiger partial charge in [-0.3, -0.25) is 4.79 Å². The molecule has 0 spiro atoms. The van der Waals surface area contributed by atoms with Gasteiger partial charge in [0.25, 0.3) is 0 Å². The number of carbonyl (C=O) groups excluding carboxylic acids is 1. The molecule has 1 aromatic carbocycles. The van der Waals surface area contributed by atoms with E-state index < -0.39 is 15.9 Å². The highest BCUT2D eigenvalue weighted by Gasteiger charge is 2.21. The second kappa shape index (κ2) is 7.30. The van der Waals surface area contributed by atoms with Gasteiger partial charge >= 0.3 is 0 Å².